The summed E-state index contributed by atoms with van der Waals surface area (Å²) in [4.78, 5) is 10.5. The molecule has 102 valence electrons. The predicted molar refractivity (Wildman–Crippen MR) is 57.9 cm³/mol. The van der Waals surface area contributed by atoms with Gasteiger partial charge < -0.3 is 14.8 Å². The van der Waals surface area contributed by atoms with Gasteiger partial charge in [-0.2, -0.15) is 13.2 Å². The Kier molecular flexibility index (Phi) is 3.42. The number of carboxylic acids is 1. The molecule has 0 amide bonds. The molecule has 6 nitrogen and oxygen atoms in total. The number of carbonyl (C=O) groups is 1. The summed E-state index contributed by atoms with van der Waals surface area (Å²) in [5.41, 5.74) is 0. The first-order valence-electron chi connectivity index (χ1n) is 4.83. The zero-order chi connectivity index (χ0) is 14.0. The van der Waals surface area contributed by atoms with Gasteiger partial charge in [-0.05, 0) is 12.1 Å². The molecule has 2 aromatic heterocycles. The van der Waals surface area contributed by atoms with Crippen molar-refractivity contribution in [2.45, 2.75) is 12.7 Å². The maximum absolute atomic E-state index is 12.3. The molecule has 0 atom stereocenters. The molecule has 0 aliphatic heterocycles. The summed E-state index contributed by atoms with van der Waals surface area (Å²) in [5.74, 6) is -1.20. The first-order chi connectivity index (χ1) is 8.86. The van der Waals surface area contributed by atoms with Gasteiger partial charge in [-0.25, -0.2) is 4.79 Å². The van der Waals surface area contributed by atoms with Crippen LogP contribution in [-0.4, -0.2) is 21.3 Å². The van der Waals surface area contributed by atoms with Crippen LogP contribution in [0, 0.1) is 0 Å². The van der Waals surface area contributed by atoms with E-state index >= 15 is 0 Å². The minimum absolute atomic E-state index is 0.0137. The molecule has 0 aliphatic carbocycles. The summed E-state index contributed by atoms with van der Waals surface area (Å²) in [6.45, 7) is 0.0137. The SMILES string of the molecule is O=C(O)c1ccc(CNc2nnc(C(F)(F)F)s2)o1. The first kappa shape index (κ1) is 13.3. The van der Waals surface area contributed by atoms with Crippen molar-refractivity contribution in [2.24, 2.45) is 0 Å². The van der Waals surface area contributed by atoms with Crippen LogP contribution in [0.3, 0.4) is 0 Å². The average Bonchev–Trinajstić information content (AvgIpc) is 2.95. The lowest BCUT2D eigenvalue weighted by molar-refractivity contribution is -0.138. The second kappa shape index (κ2) is 4.88. The summed E-state index contributed by atoms with van der Waals surface area (Å²) in [6, 6.07) is 2.66. The van der Waals surface area contributed by atoms with Gasteiger partial charge in [0.2, 0.25) is 15.9 Å². The molecule has 10 heteroatoms. The number of rotatable bonds is 4. The van der Waals surface area contributed by atoms with E-state index in [1.165, 1.54) is 12.1 Å². The van der Waals surface area contributed by atoms with Crippen molar-refractivity contribution in [1.29, 1.82) is 0 Å². The molecular formula is C9H6F3N3O3S. The Hall–Kier alpha value is -2.10. The molecule has 0 saturated heterocycles. The van der Waals surface area contributed by atoms with Crippen molar-refractivity contribution in [2.75, 3.05) is 5.32 Å². The number of alkyl halides is 3. The van der Waals surface area contributed by atoms with Crippen molar-refractivity contribution in [3.63, 3.8) is 0 Å². The highest BCUT2D eigenvalue weighted by molar-refractivity contribution is 7.15. The highest BCUT2D eigenvalue weighted by Gasteiger charge is 2.35. The van der Waals surface area contributed by atoms with Crippen molar-refractivity contribution in [1.82, 2.24) is 10.2 Å². The fourth-order valence-corrected chi connectivity index (χ4v) is 1.77. The summed E-state index contributed by atoms with van der Waals surface area (Å²) in [6.07, 6.45) is -4.53. The lowest BCUT2D eigenvalue weighted by Crippen LogP contribution is -2.03. The van der Waals surface area contributed by atoms with Crippen LogP contribution < -0.4 is 5.32 Å². The van der Waals surface area contributed by atoms with Gasteiger partial charge in [-0.1, -0.05) is 11.3 Å². The van der Waals surface area contributed by atoms with E-state index in [2.05, 4.69) is 15.5 Å². The van der Waals surface area contributed by atoms with Gasteiger partial charge in [0.05, 0.1) is 6.54 Å². The number of hydrogen-bond donors (Lipinski definition) is 2. The van der Waals surface area contributed by atoms with Crippen molar-refractivity contribution in [3.05, 3.63) is 28.7 Å². The van der Waals surface area contributed by atoms with Gasteiger partial charge >= 0.3 is 12.1 Å². The van der Waals surface area contributed by atoms with Gasteiger partial charge in [-0.3, -0.25) is 0 Å². The molecule has 2 N–H and O–H groups in total. The lowest BCUT2D eigenvalue weighted by atomic mass is 10.4. The zero-order valence-electron chi connectivity index (χ0n) is 9.06. The van der Waals surface area contributed by atoms with Gasteiger partial charge in [0.15, 0.2) is 0 Å². The van der Waals surface area contributed by atoms with Crippen molar-refractivity contribution < 1.29 is 27.5 Å². The smallest absolute Gasteiger partial charge is 0.445 e. The van der Waals surface area contributed by atoms with E-state index < -0.39 is 17.2 Å². The van der Waals surface area contributed by atoms with Crippen LogP contribution in [0.5, 0.6) is 0 Å². The highest BCUT2D eigenvalue weighted by Crippen LogP contribution is 2.33. The van der Waals surface area contributed by atoms with E-state index in [1.807, 2.05) is 0 Å². The Morgan fingerprint density at radius 3 is 2.68 bits per heavy atom. The Morgan fingerprint density at radius 1 is 1.42 bits per heavy atom. The molecule has 0 spiro atoms. The lowest BCUT2D eigenvalue weighted by Gasteiger charge is -1.99. The van der Waals surface area contributed by atoms with E-state index in [4.69, 9.17) is 9.52 Å². The number of anilines is 1. The molecule has 2 aromatic rings. The molecule has 0 aliphatic rings. The third-order valence-electron chi connectivity index (χ3n) is 1.95. The number of furan rings is 1. The predicted octanol–water partition coefficient (Wildman–Crippen LogP) is 2.46. The minimum atomic E-state index is -4.53. The number of halogens is 3. The normalized spacial score (nSPS) is 11.5. The molecule has 2 heterocycles. The summed E-state index contributed by atoms with van der Waals surface area (Å²) in [5, 5.41) is 16.4. The van der Waals surface area contributed by atoms with E-state index in [1.54, 1.807) is 0 Å². The Labute approximate surface area is 107 Å². The Bertz CT molecular complexity index is 593. The quantitative estimate of drug-likeness (QED) is 0.900. The molecule has 0 aromatic carbocycles. The van der Waals surface area contributed by atoms with E-state index in [9.17, 15) is 18.0 Å². The number of nitrogens with zero attached hydrogens (tertiary/aromatic N) is 2. The summed E-state index contributed by atoms with van der Waals surface area (Å²) < 4.78 is 41.7. The molecule has 0 radical (unpaired) electrons. The third-order valence-corrected chi connectivity index (χ3v) is 2.88. The van der Waals surface area contributed by atoms with Gasteiger partial charge in [0.1, 0.15) is 5.76 Å². The van der Waals surface area contributed by atoms with Gasteiger partial charge in [0.25, 0.3) is 0 Å². The maximum atomic E-state index is 12.3. The third kappa shape index (κ3) is 3.22. The Balaban J connectivity index is 1.98. The number of aromatic carboxylic acids is 1. The maximum Gasteiger partial charge on any atom is 0.445 e. The molecule has 19 heavy (non-hydrogen) atoms. The van der Waals surface area contributed by atoms with Crippen LogP contribution >= 0.6 is 11.3 Å². The number of hydrogen-bond acceptors (Lipinski definition) is 6. The average molecular weight is 293 g/mol. The molecular weight excluding hydrogens is 287 g/mol. The van der Waals surface area contributed by atoms with E-state index in [0.717, 1.165) is 0 Å². The minimum Gasteiger partial charge on any atom is -0.475 e. The Morgan fingerprint density at radius 2 is 2.16 bits per heavy atom. The topological polar surface area (TPSA) is 88.2 Å². The highest BCUT2D eigenvalue weighted by atomic mass is 32.1. The fraction of sp³-hybridized carbons (Fsp3) is 0.222. The second-order valence-electron chi connectivity index (χ2n) is 3.33. The number of nitrogens with one attached hydrogen (secondary N) is 1. The van der Waals surface area contributed by atoms with Gasteiger partial charge in [0, 0.05) is 0 Å². The van der Waals surface area contributed by atoms with E-state index in [0.29, 0.717) is 11.3 Å². The zero-order valence-corrected chi connectivity index (χ0v) is 9.88. The van der Waals surface area contributed by atoms with Gasteiger partial charge in [-0.15, -0.1) is 10.2 Å². The number of carboxylic acid groups (broad SMARTS) is 1. The summed E-state index contributed by atoms with van der Waals surface area (Å²) in [7, 11) is 0. The first-order valence-corrected chi connectivity index (χ1v) is 5.64. The molecule has 2 rings (SSSR count). The van der Waals surface area contributed by atoms with Crippen LogP contribution in [0.1, 0.15) is 21.3 Å². The van der Waals surface area contributed by atoms with Crippen molar-refractivity contribution in [3.8, 4) is 0 Å². The standard InChI is InChI=1S/C9H6F3N3O3S/c10-9(11,12)7-14-15-8(19-7)13-3-4-1-2-5(18-4)6(16)17/h1-2H,3H2,(H,13,15)(H,16,17). The summed E-state index contributed by atoms with van der Waals surface area (Å²) >= 11 is 0.356. The van der Waals surface area contributed by atoms with Crippen molar-refractivity contribution >= 4 is 22.4 Å². The molecule has 0 unspecified atom stereocenters. The van der Waals surface area contributed by atoms with Crippen LogP contribution in [-0.2, 0) is 12.7 Å². The van der Waals surface area contributed by atoms with Crippen LogP contribution in [0.2, 0.25) is 0 Å². The molecule has 0 bridgehead atoms. The fourth-order valence-electron chi connectivity index (χ4n) is 1.16. The monoisotopic (exact) mass is 293 g/mol. The van der Waals surface area contributed by atoms with E-state index in [-0.39, 0.29) is 23.2 Å². The second-order valence-corrected chi connectivity index (χ2v) is 4.31. The number of aromatic nitrogens is 2. The van der Waals surface area contributed by atoms with Crippen LogP contribution in [0.15, 0.2) is 16.5 Å². The largest absolute Gasteiger partial charge is 0.475 e. The van der Waals surface area contributed by atoms with Crippen LogP contribution in [0.25, 0.3) is 0 Å². The molecule has 0 saturated carbocycles. The molecule has 0 fully saturated rings. The van der Waals surface area contributed by atoms with Crippen LogP contribution in [0.4, 0.5) is 18.3 Å².